The second-order valence-corrected chi connectivity index (χ2v) is 7.77. The monoisotopic (exact) mass is 448 g/mol. The van der Waals surface area contributed by atoms with Gasteiger partial charge in [-0.2, -0.15) is 0 Å². The van der Waals surface area contributed by atoms with Gasteiger partial charge in [-0.25, -0.2) is 4.98 Å². The first kappa shape index (κ1) is 20.6. The van der Waals surface area contributed by atoms with Gasteiger partial charge in [-0.1, -0.05) is 23.2 Å². The van der Waals surface area contributed by atoms with E-state index in [9.17, 15) is 14.4 Å². The van der Waals surface area contributed by atoms with Crippen molar-refractivity contribution in [1.29, 1.82) is 0 Å². The van der Waals surface area contributed by atoms with Crippen LogP contribution in [0.1, 0.15) is 27.6 Å². The van der Waals surface area contributed by atoms with Gasteiger partial charge in [-0.05, 0) is 31.2 Å². The molecule has 2 aromatic rings. The number of pyridine rings is 1. The minimum Gasteiger partial charge on any atom is -0.378 e. The van der Waals surface area contributed by atoms with E-state index in [1.165, 1.54) is 19.1 Å². The minimum atomic E-state index is -1.05. The Morgan fingerprint density at radius 1 is 1.10 bits per heavy atom. The first-order valence-corrected chi connectivity index (χ1v) is 10.1. The molecule has 1 saturated heterocycles. The Balaban J connectivity index is 1.46. The van der Waals surface area contributed by atoms with Gasteiger partial charge in [0.2, 0.25) is 5.91 Å². The number of nitrogens with one attached hydrogen (secondary N) is 1. The van der Waals surface area contributed by atoms with E-state index in [0.29, 0.717) is 19.0 Å². The van der Waals surface area contributed by atoms with Gasteiger partial charge in [0.15, 0.2) is 0 Å². The zero-order valence-corrected chi connectivity index (χ0v) is 17.5. The number of imide groups is 1. The number of rotatable bonds is 4. The van der Waals surface area contributed by atoms with Gasteiger partial charge in [0.25, 0.3) is 11.8 Å². The Hall–Kier alpha value is -2.68. The van der Waals surface area contributed by atoms with Crippen LogP contribution < -0.4 is 10.2 Å². The third-order valence-corrected chi connectivity index (χ3v) is 5.82. The SMILES string of the molecule is CC(C(=O)Nc1ccc(N2CCOCC2)cn1)N1C(=O)c2cc(Cl)c(Cl)cc2C1=O. The fourth-order valence-corrected chi connectivity index (χ4v) is 3.75. The van der Waals surface area contributed by atoms with Crippen LogP contribution in [0.25, 0.3) is 0 Å². The van der Waals surface area contributed by atoms with Crippen LogP contribution in [0, 0.1) is 0 Å². The molecule has 1 aromatic heterocycles. The fraction of sp³-hybridized carbons (Fsp3) is 0.300. The van der Waals surface area contributed by atoms with Crippen LogP contribution in [-0.2, 0) is 9.53 Å². The van der Waals surface area contributed by atoms with E-state index in [2.05, 4.69) is 15.2 Å². The number of benzene rings is 1. The first-order chi connectivity index (χ1) is 14.4. The quantitative estimate of drug-likeness (QED) is 0.722. The van der Waals surface area contributed by atoms with Crippen LogP contribution in [0.4, 0.5) is 11.5 Å². The topological polar surface area (TPSA) is 91.8 Å². The zero-order chi connectivity index (χ0) is 21.4. The molecule has 0 radical (unpaired) electrons. The van der Waals surface area contributed by atoms with E-state index in [1.54, 1.807) is 12.3 Å². The summed E-state index contributed by atoms with van der Waals surface area (Å²) in [5, 5.41) is 2.98. The summed E-state index contributed by atoms with van der Waals surface area (Å²) in [5.41, 5.74) is 1.18. The van der Waals surface area contributed by atoms with Gasteiger partial charge in [-0.15, -0.1) is 0 Å². The van der Waals surface area contributed by atoms with E-state index in [1.807, 2.05) is 6.07 Å². The lowest BCUT2D eigenvalue weighted by Gasteiger charge is -2.28. The molecule has 1 N–H and O–H groups in total. The molecule has 2 aliphatic heterocycles. The van der Waals surface area contributed by atoms with Gasteiger partial charge in [-0.3, -0.25) is 19.3 Å². The van der Waals surface area contributed by atoms with Gasteiger partial charge in [0.05, 0.1) is 46.3 Å². The zero-order valence-electron chi connectivity index (χ0n) is 16.0. The molecule has 1 aromatic carbocycles. The number of hydrogen-bond donors (Lipinski definition) is 1. The van der Waals surface area contributed by atoms with Gasteiger partial charge < -0.3 is 15.0 Å². The molecule has 1 atom stereocenters. The maximum atomic E-state index is 12.7. The number of morpholine rings is 1. The molecular weight excluding hydrogens is 431 g/mol. The standard InChI is InChI=1S/C20H18Cl2N4O4/c1-11(26-19(28)13-8-15(21)16(22)9-14(13)20(26)29)18(27)24-17-3-2-12(10-23-17)25-4-6-30-7-5-25/h2-3,8-11H,4-7H2,1H3,(H,23,24,27). The Morgan fingerprint density at radius 2 is 1.70 bits per heavy atom. The number of anilines is 2. The van der Waals surface area contributed by atoms with Gasteiger partial charge in [0, 0.05) is 13.1 Å². The maximum absolute atomic E-state index is 12.7. The number of carbonyl (C=O) groups excluding carboxylic acids is 3. The average molecular weight is 449 g/mol. The van der Waals surface area contributed by atoms with Crippen LogP contribution in [0.15, 0.2) is 30.5 Å². The summed E-state index contributed by atoms with van der Waals surface area (Å²) in [6.45, 7) is 4.35. The third kappa shape index (κ3) is 3.74. The van der Waals surface area contributed by atoms with Gasteiger partial charge >= 0.3 is 0 Å². The number of nitrogens with zero attached hydrogens (tertiary/aromatic N) is 3. The molecule has 4 rings (SSSR count). The van der Waals surface area contributed by atoms with Crippen LogP contribution in [-0.4, -0.2) is 60.0 Å². The van der Waals surface area contributed by atoms with Crippen molar-refractivity contribution >= 4 is 52.4 Å². The molecule has 8 nitrogen and oxygen atoms in total. The van der Waals surface area contributed by atoms with Crippen molar-refractivity contribution in [1.82, 2.24) is 9.88 Å². The van der Waals surface area contributed by atoms with Crippen molar-refractivity contribution in [2.45, 2.75) is 13.0 Å². The summed E-state index contributed by atoms with van der Waals surface area (Å²) in [6.07, 6.45) is 1.66. The number of carbonyl (C=O) groups is 3. The third-order valence-electron chi connectivity index (χ3n) is 5.10. The van der Waals surface area contributed by atoms with Crippen LogP contribution in [0.2, 0.25) is 10.0 Å². The molecule has 10 heteroatoms. The smallest absolute Gasteiger partial charge is 0.262 e. The average Bonchev–Trinajstić information content (AvgIpc) is 2.98. The maximum Gasteiger partial charge on any atom is 0.262 e. The predicted octanol–water partition coefficient (Wildman–Crippen LogP) is 2.85. The van der Waals surface area contributed by atoms with Crippen molar-refractivity contribution in [3.63, 3.8) is 0 Å². The Labute approximate surface area is 182 Å². The summed E-state index contributed by atoms with van der Waals surface area (Å²) in [5.74, 6) is -1.39. The van der Waals surface area contributed by atoms with E-state index in [4.69, 9.17) is 27.9 Å². The number of aromatic nitrogens is 1. The Morgan fingerprint density at radius 3 is 2.23 bits per heavy atom. The van der Waals surface area contributed by atoms with Gasteiger partial charge in [0.1, 0.15) is 11.9 Å². The number of halogens is 2. The Kier molecular flexibility index (Phi) is 5.64. The number of hydrogen-bond acceptors (Lipinski definition) is 6. The lowest BCUT2D eigenvalue weighted by Crippen LogP contribution is -2.45. The molecule has 1 unspecified atom stereocenters. The highest BCUT2D eigenvalue weighted by molar-refractivity contribution is 6.43. The second kappa shape index (κ2) is 8.22. The van der Waals surface area contributed by atoms with E-state index in [0.717, 1.165) is 23.7 Å². The minimum absolute atomic E-state index is 0.127. The molecule has 0 bridgehead atoms. The van der Waals surface area contributed by atoms with Crippen molar-refractivity contribution in [3.05, 3.63) is 51.6 Å². The second-order valence-electron chi connectivity index (χ2n) is 6.96. The normalized spacial score (nSPS) is 17.2. The van der Waals surface area contributed by atoms with Crippen molar-refractivity contribution in [2.24, 2.45) is 0 Å². The van der Waals surface area contributed by atoms with Crippen molar-refractivity contribution in [3.8, 4) is 0 Å². The van der Waals surface area contributed by atoms with E-state index < -0.39 is 23.8 Å². The molecule has 0 spiro atoms. The lowest BCUT2D eigenvalue weighted by atomic mass is 10.1. The highest BCUT2D eigenvalue weighted by Gasteiger charge is 2.41. The molecule has 0 aliphatic carbocycles. The fourth-order valence-electron chi connectivity index (χ4n) is 3.42. The molecular formula is C20H18Cl2N4O4. The molecule has 3 heterocycles. The van der Waals surface area contributed by atoms with E-state index in [-0.39, 0.29) is 21.2 Å². The summed E-state index contributed by atoms with van der Waals surface area (Å²) in [6, 6.07) is 5.17. The van der Waals surface area contributed by atoms with E-state index >= 15 is 0 Å². The first-order valence-electron chi connectivity index (χ1n) is 9.33. The molecule has 3 amide bonds. The van der Waals surface area contributed by atoms with Crippen LogP contribution in [0.5, 0.6) is 0 Å². The molecule has 2 aliphatic rings. The Bertz CT molecular complexity index is 981. The summed E-state index contributed by atoms with van der Waals surface area (Å²) in [7, 11) is 0. The predicted molar refractivity (Wildman–Crippen MR) is 112 cm³/mol. The largest absolute Gasteiger partial charge is 0.378 e. The highest BCUT2D eigenvalue weighted by atomic mass is 35.5. The molecule has 30 heavy (non-hydrogen) atoms. The highest BCUT2D eigenvalue weighted by Crippen LogP contribution is 2.32. The van der Waals surface area contributed by atoms with Crippen LogP contribution in [0.3, 0.4) is 0 Å². The summed E-state index contributed by atoms with van der Waals surface area (Å²) in [4.78, 5) is 45.3. The van der Waals surface area contributed by atoms with Crippen LogP contribution >= 0.6 is 23.2 Å². The molecule has 1 fully saturated rings. The molecule has 0 saturated carbocycles. The summed E-state index contributed by atoms with van der Waals surface area (Å²) < 4.78 is 5.33. The number of fused-ring (bicyclic) bond motifs is 1. The van der Waals surface area contributed by atoms with Crippen molar-refractivity contribution < 1.29 is 19.1 Å². The lowest BCUT2D eigenvalue weighted by molar-refractivity contribution is -0.119. The molecule has 156 valence electrons. The summed E-state index contributed by atoms with van der Waals surface area (Å²) >= 11 is 11.9. The number of amides is 3. The van der Waals surface area contributed by atoms with Crippen molar-refractivity contribution in [2.75, 3.05) is 36.5 Å². The number of ether oxygens (including phenoxy) is 1.